The Hall–Kier alpha value is -2.65. The molecule has 1 fully saturated rings. The third-order valence-electron chi connectivity index (χ3n) is 4.66. The molecule has 12 heteroatoms. The lowest BCUT2D eigenvalue weighted by Gasteiger charge is -2.33. The summed E-state index contributed by atoms with van der Waals surface area (Å²) in [5, 5.41) is 24.1. The van der Waals surface area contributed by atoms with Crippen molar-refractivity contribution in [3.63, 3.8) is 0 Å². The van der Waals surface area contributed by atoms with Gasteiger partial charge in [-0.15, -0.1) is 10.2 Å². The van der Waals surface area contributed by atoms with E-state index < -0.39 is 0 Å². The Morgan fingerprint density at radius 2 is 2.03 bits per heavy atom. The summed E-state index contributed by atoms with van der Waals surface area (Å²) in [5.74, 6) is 1.64. The fourth-order valence-corrected chi connectivity index (χ4v) is 4.10. The SMILES string of the molecule is CCNc1nc(NCC)n2c(SCC(=O)N(CCC#N)C3CCOCC3)nnc2n1. The molecule has 1 amide bonds. The number of nitrogens with one attached hydrogen (secondary N) is 2. The first-order chi connectivity index (χ1) is 14.7. The van der Waals surface area contributed by atoms with E-state index in [0.29, 0.717) is 62.1 Å². The van der Waals surface area contributed by atoms with Crippen molar-refractivity contribution in [1.82, 2.24) is 29.5 Å². The van der Waals surface area contributed by atoms with Crippen LogP contribution in [0.3, 0.4) is 0 Å². The van der Waals surface area contributed by atoms with E-state index in [0.717, 1.165) is 12.8 Å². The van der Waals surface area contributed by atoms with Gasteiger partial charge in [0.05, 0.1) is 18.2 Å². The molecule has 0 bridgehead atoms. The molecule has 3 heterocycles. The van der Waals surface area contributed by atoms with E-state index in [1.165, 1.54) is 11.8 Å². The summed E-state index contributed by atoms with van der Waals surface area (Å²) in [6, 6.07) is 2.24. The van der Waals surface area contributed by atoms with E-state index in [1.807, 2.05) is 18.7 Å². The summed E-state index contributed by atoms with van der Waals surface area (Å²) in [6.07, 6.45) is 1.90. The van der Waals surface area contributed by atoms with E-state index in [9.17, 15) is 4.79 Å². The Morgan fingerprint density at radius 3 is 2.73 bits per heavy atom. The van der Waals surface area contributed by atoms with E-state index >= 15 is 0 Å². The fraction of sp³-hybridized carbons (Fsp3) is 0.667. The number of hydrogen-bond acceptors (Lipinski definition) is 10. The zero-order chi connectivity index (χ0) is 21.3. The van der Waals surface area contributed by atoms with Crippen LogP contribution in [0.4, 0.5) is 11.9 Å². The predicted molar refractivity (Wildman–Crippen MR) is 113 cm³/mol. The zero-order valence-electron chi connectivity index (χ0n) is 17.3. The molecular formula is C18H27N9O2S. The average Bonchev–Trinajstić information content (AvgIpc) is 3.17. The Bertz CT molecular complexity index is 892. The summed E-state index contributed by atoms with van der Waals surface area (Å²) in [5.41, 5.74) is 0. The van der Waals surface area contributed by atoms with Gasteiger partial charge in [0, 0.05) is 38.9 Å². The molecule has 0 unspecified atom stereocenters. The molecule has 2 aromatic heterocycles. The Balaban J connectivity index is 1.76. The third kappa shape index (κ3) is 5.28. The molecule has 2 aromatic rings. The highest BCUT2D eigenvalue weighted by molar-refractivity contribution is 7.99. The van der Waals surface area contributed by atoms with Crippen molar-refractivity contribution in [2.75, 3.05) is 49.2 Å². The van der Waals surface area contributed by atoms with E-state index in [2.05, 4.69) is 36.9 Å². The maximum Gasteiger partial charge on any atom is 0.261 e. The number of thioether (sulfide) groups is 1. The molecule has 1 saturated heterocycles. The number of hydrogen-bond donors (Lipinski definition) is 2. The minimum atomic E-state index is -0.0194. The normalized spacial score (nSPS) is 14.4. The van der Waals surface area contributed by atoms with Crippen molar-refractivity contribution in [2.45, 2.75) is 44.3 Å². The first-order valence-corrected chi connectivity index (χ1v) is 11.1. The number of nitriles is 1. The van der Waals surface area contributed by atoms with Gasteiger partial charge in [0.25, 0.3) is 5.78 Å². The van der Waals surface area contributed by atoms with Gasteiger partial charge in [-0.2, -0.15) is 15.2 Å². The second-order valence-electron chi connectivity index (χ2n) is 6.68. The van der Waals surface area contributed by atoms with Gasteiger partial charge in [-0.25, -0.2) is 4.40 Å². The smallest absolute Gasteiger partial charge is 0.261 e. The molecule has 11 nitrogen and oxygen atoms in total. The maximum absolute atomic E-state index is 13.0. The van der Waals surface area contributed by atoms with Crippen LogP contribution in [0.15, 0.2) is 5.16 Å². The van der Waals surface area contributed by atoms with Crippen LogP contribution in [0.2, 0.25) is 0 Å². The van der Waals surface area contributed by atoms with E-state index in [1.54, 1.807) is 4.40 Å². The second-order valence-corrected chi connectivity index (χ2v) is 7.62. The monoisotopic (exact) mass is 433 g/mol. The molecule has 3 rings (SSSR count). The van der Waals surface area contributed by atoms with Crippen LogP contribution in [0.1, 0.15) is 33.1 Å². The van der Waals surface area contributed by atoms with Crippen LogP contribution >= 0.6 is 11.8 Å². The van der Waals surface area contributed by atoms with Crippen LogP contribution < -0.4 is 10.6 Å². The number of carbonyl (C=O) groups is 1. The summed E-state index contributed by atoms with van der Waals surface area (Å²) < 4.78 is 7.13. The van der Waals surface area contributed by atoms with Gasteiger partial charge < -0.3 is 20.3 Å². The predicted octanol–water partition coefficient (Wildman–Crippen LogP) is 1.40. The molecule has 0 aliphatic carbocycles. The molecule has 0 saturated carbocycles. The van der Waals surface area contributed by atoms with Crippen molar-refractivity contribution < 1.29 is 9.53 Å². The standard InChI is InChI=1S/C18H27N9O2S/c1-3-20-15-22-16(21-4-2)27-17(23-15)24-25-18(27)30-12-14(28)26(9-5-8-19)13-6-10-29-11-7-13/h13H,3-7,9-12H2,1-2H3,(H2,20,21,22,23,24). The Morgan fingerprint density at radius 1 is 1.27 bits per heavy atom. The van der Waals surface area contributed by atoms with Crippen LogP contribution in [0.25, 0.3) is 5.78 Å². The average molecular weight is 434 g/mol. The summed E-state index contributed by atoms with van der Waals surface area (Å²) in [4.78, 5) is 23.6. The number of nitrogens with zero attached hydrogens (tertiary/aromatic N) is 7. The van der Waals surface area contributed by atoms with Gasteiger partial charge in [-0.1, -0.05) is 11.8 Å². The van der Waals surface area contributed by atoms with E-state index in [4.69, 9.17) is 10.00 Å². The van der Waals surface area contributed by atoms with Crippen molar-refractivity contribution in [3.8, 4) is 6.07 Å². The number of amides is 1. The van der Waals surface area contributed by atoms with Gasteiger partial charge in [0.15, 0.2) is 5.16 Å². The highest BCUT2D eigenvalue weighted by Crippen LogP contribution is 2.23. The molecule has 0 atom stereocenters. The number of fused-ring (bicyclic) bond motifs is 1. The Labute approximate surface area is 179 Å². The number of carbonyl (C=O) groups excluding carboxylic acids is 1. The van der Waals surface area contributed by atoms with Gasteiger partial charge in [-0.3, -0.25) is 4.79 Å². The van der Waals surface area contributed by atoms with Crippen molar-refractivity contribution in [1.29, 1.82) is 5.26 Å². The van der Waals surface area contributed by atoms with Crippen molar-refractivity contribution in [2.24, 2.45) is 0 Å². The van der Waals surface area contributed by atoms with Crippen LogP contribution in [-0.4, -0.2) is 80.0 Å². The minimum Gasteiger partial charge on any atom is -0.381 e. The fourth-order valence-electron chi connectivity index (χ4n) is 3.28. The van der Waals surface area contributed by atoms with Gasteiger partial charge in [-0.05, 0) is 26.7 Å². The second kappa shape index (κ2) is 10.9. The molecule has 30 heavy (non-hydrogen) atoms. The molecular weight excluding hydrogens is 406 g/mol. The number of aromatic nitrogens is 5. The van der Waals surface area contributed by atoms with Gasteiger partial charge in [0.1, 0.15) is 0 Å². The van der Waals surface area contributed by atoms with E-state index in [-0.39, 0.29) is 17.7 Å². The first-order valence-electron chi connectivity index (χ1n) is 10.2. The largest absolute Gasteiger partial charge is 0.381 e. The van der Waals surface area contributed by atoms with Crippen LogP contribution in [-0.2, 0) is 9.53 Å². The maximum atomic E-state index is 13.0. The Kier molecular flexibility index (Phi) is 8.04. The number of anilines is 2. The molecule has 2 N–H and O–H groups in total. The molecule has 0 spiro atoms. The lowest BCUT2D eigenvalue weighted by Crippen LogP contribution is -2.44. The van der Waals surface area contributed by atoms with Crippen molar-refractivity contribution >= 4 is 35.3 Å². The van der Waals surface area contributed by atoms with Crippen LogP contribution in [0, 0.1) is 11.3 Å². The van der Waals surface area contributed by atoms with Gasteiger partial charge >= 0.3 is 0 Å². The van der Waals surface area contributed by atoms with Crippen LogP contribution in [0.5, 0.6) is 0 Å². The molecule has 162 valence electrons. The molecule has 0 radical (unpaired) electrons. The summed E-state index contributed by atoms with van der Waals surface area (Å²) in [7, 11) is 0. The lowest BCUT2D eigenvalue weighted by atomic mass is 10.1. The number of rotatable bonds is 10. The van der Waals surface area contributed by atoms with Gasteiger partial charge in [0.2, 0.25) is 17.8 Å². The summed E-state index contributed by atoms with van der Waals surface area (Å²) >= 11 is 1.29. The first kappa shape index (κ1) is 22.0. The highest BCUT2D eigenvalue weighted by Gasteiger charge is 2.26. The summed E-state index contributed by atoms with van der Waals surface area (Å²) in [6.45, 7) is 7.01. The lowest BCUT2D eigenvalue weighted by molar-refractivity contribution is -0.132. The topological polar surface area (TPSA) is 133 Å². The quantitative estimate of drug-likeness (QED) is 0.529. The third-order valence-corrected chi connectivity index (χ3v) is 5.57. The van der Waals surface area contributed by atoms with Crippen molar-refractivity contribution in [3.05, 3.63) is 0 Å². The number of ether oxygens (including phenoxy) is 1. The minimum absolute atomic E-state index is 0.0194. The zero-order valence-corrected chi connectivity index (χ0v) is 18.1. The molecule has 1 aliphatic heterocycles. The highest BCUT2D eigenvalue weighted by atomic mass is 32.2. The molecule has 0 aromatic carbocycles. The molecule has 1 aliphatic rings.